The summed E-state index contributed by atoms with van der Waals surface area (Å²) < 4.78 is 0. The van der Waals surface area contributed by atoms with Crippen LogP contribution in [0, 0.1) is 13.0 Å². The first-order valence-electron chi connectivity index (χ1n) is 5.14. The highest BCUT2D eigenvalue weighted by Gasteiger charge is 2.03. The molecule has 2 aromatic carbocycles. The SMILES string of the molecule is Cc1[c]ccc(-n2nc3ccccc3n2)c1. The smallest absolute Gasteiger partial charge is 0.113 e. The Balaban J connectivity index is 2.19. The minimum atomic E-state index is 0.910. The zero-order valence-electron chi connectivity index (χ0n) is 8.88. The molecular formula is C13H10N3. The number of hydrogen-bond donors (Lipinski definition) is 0. The molecule has 3 rings (SSSR count). The third-order valence-corrected chi connectivity index (χ3v) is 2.45. The van der Waals surface area contributed by atoms with Crippen molar-refractivity contribution in [1.29, 1.82) is 0 Å². The summed E-state index contributed by atoms with van der Waals surface area (Å²) in [7, 11) is 0. The maximum Gasteiger partial charge on any atom is 0.113 e. The van der Waals surface area contributed by atoms with Gasteiger partial charge in [-0.05, 0) is 42.8 Å². The van der Waals surface area contributed by atoms with Gasteiger partial charge in [0.25, 0.3) is 0 Å². The Morgan fingerprint density at radius 3 is 2.38 bits per heavy atom. The second kappa shape index (κ2) is 3.45. The van der Waals surface area contributed by atoms with Crippen LogP contribution in [0.1, 0.15) is 5.56 Å². The van der Waals surface area contributed by atoms with Crippen LogP contribution >= 0.6 is 0 Å². The van der Waals surface area contributed by atoms with Gasteiger partial charge in [-0.25, -0.2) is 0 Å². The molecule has 0 bridgehead atoms. The molecule has 16 heavy (non-hydrogen) atoms. The number of rotatable bonds is 1. The van der Waals surface area contributed by atoms with Gasteiger partial charge in [0.2, 0.25) is 0 Å². The lowest BCUT2D eigenvalue weighted by Crippen LogP contribution is -1.98. The van der Waals surface area contributed by atoms with E-state index in [2.05, 4.69) is 16.3 Å². The molecule has 1 radical (unpaired) electrons. The van der Waals surface area contributed by atoms with E-state index < -0.39 is 0 Å². The van der Waals surface area contributed by atoms with Crippen LogP contribution < -0.4 is 0 Å². The average molecular weight is 208 g/mol. The largest absolute Gasteiger partial charge is 0.150 e. The summed E-state index contributed by atoms with van der Waals surface area (Å²) in [4.78, 5) is 1.66. The summed E-state index contributed by atoms with van der Waals surface area (Å²) in [6.45, 7) is 2.01. The van der Waals surface area contributed by atoms with E-state index >= 15 is 0 Å². The maximum absolute atomic E-state index is 4.42. The molecule has 3 nitrogen and oxygen atoms in total. The fraction of sp³-hybridized carbons (Fsp3) is 0.0769. The van der Waals surface area contributed by atoms with Crippen molar-refractivity contribution in [3.05, 3.63) is 54.1 Å². The molecule has 3 aromatic rings. The predicted octanol–water partition coefficient (Wildman–Crippen LogP) is 2.53. The molecule has 1 heterocycles. The number of benzene rings is 2. The first kappa shape index (κ1) is 9.09. The van der Waals surface area contributed by atoms with Gasteiger partial charge in [-0.2, -0.15) is 4.80 Å². The standard InChI is InChI=1S/C13H10N3/c1-10-5-4-6-11(9-10)16-14-12-7-2-3-8-13(12)15-16/h2-4,6-9H,1H3. The Kier molecular flexibility index (Phi) is 1.96. The van der Waals surface area contributed by atoms with Crippen molar-refractivity contribution in [2.24, 2.45) is 0 Å². The van der Waals surface area contributed by atoms with Gasteiger partial charge < -0.3 is 0 Å². The Hall–Kier alpha value is -2.16. The highest BCUT2D eigenvalue weighted by molar-refractivity contribution is 5.73. The Morgan fingerprint density at radius 2 is 1.75 bits per heavy atom. The molecule has 0 saturated heterocycles. The van der Waals surface area contributed by atoms with Crippen LogP contribution in [0.2, 0.25) is 0 Å². The third kappa shape index (κ3) is 1.46. The Labute approximate surface area is 93.3 Å². The average Bonchev–Trinajstić information content (AvgIpc) is 2.72. The number of nitrogens with zero attached hydrogens (tertiary/aromatic N) is 3. The molecular weight excluding hydrogens is 198 g/mol. The van der Waals surface area contributed by atoms with Crippen molar-refractivity contribution in [2.75, 3.05) is 0 Å². The predicted molar refractivity (Wildman–Crippen MR) is 62.4 cm³/mol. The molecule has 3 heteroatoms. The number of hydrogen-bond acceptors (Lipinski definition) is 2. The minimum absolute atomic E-state index is 0.910. The molecule has 0 aliphatic rings. The van der Waals surface area contributed by atoms with E-state index in [0.29, 0.717) is 0 Å². The lowest BCUT2D eigenvalue weighted by atomic mass is 10.2. The summed E-state index contributed by atoms with van der Waals surface area (Å²) >= 11 is 0. The molecule has 0 amide bonds. The van der Waals surface area contributed by atoms with Gasteiger partial charge in [0.15, 0.2) is 0 Å². The molecule has 0 fully saturated rings. The van der Waals surface area contributed by atoms with Crippen molar-refractivity contribution in [1.82, 2.24) is 15.0 Å². The molecule has 0 unspecified atom stereocenters. The summed E-state index contributed by atoms with van der Waals surface area (Å²) in [6, 6.07) is 16.8. The maximum atomic E-state index is 4.42. The van der Waals surface area contributed by atoms with Crippen LogP contribution in [-0.2, 0) is 0 Å². The zero-order chi connectivity index (χ0) is 11.0. The monoisotopic (exact) mass is 208 g/mol. The van der Waals surface area contributed by atoms with E-state index in [1.165, 1.54) is 0 Å². The van der Waals surface area contributed by atoms with Crippen LogP contribution in [-0.4, -0.2) is 15.0 Å². The normalized spacial score (nSPS) is 10.8. The van der Waals surface area contributed by atoms with Crippen LogP contribution in [0.25, 0.3) is 16.7 Å². The van der Waals surface area contributed by atoms with Crippen LogP contribution in [0.15, 0.2) is 42.5 Å². The summed E-state index contributed by atoms with van der Waals surface area (Å²) in [5.41, 5.74) is 3.87. The first-order chi connectivity index (χ1) is 7.83. The summed E-state index contributed by atoms with van der Waals surface area (Å²) in [5.74, 6) is 0. The molecule has 1 aromatic heterocycles. The zero-order valence-corrected chi connectivity index (χ0v) is 8.88. The van der Waals surface area contributed by atoms with Crippen molar-refractivity contribution < 1.29 is 0 Å². The first-order valence-corrected chi connectivity index (χ1v) is 5.14. The van der Waals surface area contributed by atoms with E-state index in [1.807, 2.05) is 49.4 Å². The van der Waals surface area contributed by atoms with E-state index in [0.717, 1.165) is 22.3 Å². The highest BCUT2D eigenvalue weighted by Crippen LogP contribution is 2.12. The second-order valence-corrected chi connectivity index (χ2v) is 3.71. The van der Waals surface area contributed by atoms with Gasteiger partial charge in [-0.1, -0.05) is 18.2 Å². The van der Waals surface area contributed by atoms with E-state index in [1.54, 1.807) is 4.80 Å². The highest BCUT2D eigenvalue weighted by atomic mass is 15.5. The molecule has 0 aliphatic heterocycles. The molecule has 0 N–H and O–H groups in total. The van der Waals surface area contributed by atoms with Crippen molar-refractivity contribution in [3.63, 3.8) is 0 Å². The third-order valence-electron chi connectivity index (χ3n) is 2.45. The second-order valence-electron chi connectivity index (χ2n) is 3.71. The summed E-state index contributed by atoms with van der Waals surface area (Å²) in [5, 5.41) is 8.83. The van der Waals surface area contributed by atoms with E-state index in [-0.39, 0.29) is 0 Å². The summed E-state index contributed by atoms with van der Waals surface area (Å²) in [6.07, 6.45) is 0. The van der Waals surface area contributed by atoms with E-state index in [4.69, 9.17) is 0 Å². The molecule has 0 atom stereocenters. The molecule has 77 valence electrons. The van der Waals surface area contributed by atoms with Gasteiger partial charge in [0.05, 0.1) is 5.69 Å². The molecule has 0 spiro atoms. The Morgan fingerprint density at radius 1 is 1.06 bits per heavy atom. The van der Waals surface area contributed by atoms with Crippen molar-refractivity contribution in [2.45, 2.75) is 6.92 Å². The van der Waals surface area contributed by atoms with Crippen LogP contribution in [0.3, 0.4) is 0 Å². The fourth-order valence-corrected chi connectivity index (χ4v) is 1.67. The van der Waals surface area contributed by atoms with Crippen LogP contribution in [0.5, 0.6) is 0 Å². The molecule has 0 saturated carbocycles. The fourth-order valence-electron chi connectivity index (χ4n) is 1.67. The number of aryl methyl sites for hydroxylation is 1. The molecule has 0 aliphatic carbocycles. The topological polar surface area (TPSA) is 30.7 Å². The van der Waals surface area contributed by atoms with Crippen LogP contribution in [0.4, 0.5) is 0 Å². The van der Waals surface area contributed by atoms with Gasteiger partial charge in [-0.15, -0.1) is 10.2 Å². The quantitative estimate of drug-likeness (QED) is 0.615. The minimum Gasteiger partial charge on any atom is -0.150 e. The van der Waals surface area contributed by atoms with Gasteiger partial charge in [-0.3, -0.25) is 0 Å². The van der Waals surface area contributed by atoms with Gasteiger partial charge >= 0.3 is 0 Å². The lowest BCUT2D eigenvalue weighted by Gasteiger charge is -1.98. The lowest BCUT2D eigenvalue weighted by molar-refractivity contribution is 0.765. The Bertz CT molecular complexity index is 607. The van der Waals surface area contributed by atoms with Gasteiger partial charge in [0.1, 0.15) is 11.0 Å². The van der Waals surface area contributed by atoms with E-state index in [9.17, 15) is 0 Å². The van der Waals surface area contributed by atoms with Crippen molar-refractivity contribution in [3.8, 4) is 5.69 Å². The number of aromatic nitrogens is 3. The number of fused-ring (bicyclic) bond motifs is 1. The van der Waals surface area contributed by atoms with Crippen molar-refractivity contribution >= 4 is 11.0 Å². The van der Waals surface area contributed by atoms with Gasteiger partial charge in [0, 0.05) is 0 Å².